The Morgan fingerprint density at radius 2 is 1.95 bits per heavy atom. The van der Waals surface area contributed by atoms with Crippen LogP contribution >= 0.6 is 0 Å². The van der Waals surface area contributed by atoms with Gasteiger partial charge in [0.2, 0.25) is 0 Å². The zero-order valence-corrected chi connectivity index (χ0v) is 11.6. The van der Waals surface area contributed by atoms with Gasteiger partial charge in [0.1, 0.15) is 24.2 Å². The van der Waals surface area contributed by atoms with E-state index in [-0.39, 0.29) is 12.2 Å². The molecule has 2 nitrogen and oxygen atoms in total. The van der Waals surface area contributed by atoms with Crippen molar-refractivity contribution in [3.63, 3.8) is 0 Å². The van der Waals surface area contributed by atoms with Gasteiger partial charge in [-0.25, -0.2) is 4.39 Å². The Balaban J connectivity index is 2.13. The molecule has 2 rings (SSSR count). The van der Waals surface area contributed by atoms with E-state index in [0.717, 1.165) is 0 Å². The molecule has 0 unspecified atom stereocenters. The van der Waals surface area contributed by atoms with E-state index in [4.69, 9.17) is 10.00 Å². The number of hydrogen-bond acceptors (Lipinski definition) is 2. The Kier molecular flexibility index (Phi) is 4.37. The van der Waals surface area contributed by atoms with Crippen LogP contribution in [0.2, 0.25) is 0 Å². The third kappa shape index (κ3) is 3.16. The maximum atomic E-state index is 13.9. The zero-order valence-electron chi connectivity index (χ0n) is 11.6. The topological polar surface area (TPSA) is 33.0 Å². The van der Waals surface area contributed by atoms with Crippen LogP contribution in [0.5, 0.6) is 5.75 Å². The summed E-state index contributed by atoms with van der Waals surface area (Å²) < 4.78 is 19.5. The lowest BCUT2D eigenvalue weighted by Crippen LogP contribution is -2.00. The molecular formula is C17H16FNO. The van der Waals surface area contributed by atoms with Crippen LogP contribution in [0.4, 0.5) is 4.39 Å². The van der Waals surface area contributed by atoms with Crippen molar-refractivity contribution in [2.45, 2.75) is 26.4 Å². The highest BCUT2D eigenvalue weighted by Crippen LogP contribution is 2.21. The number of ether oxygens (including phenoxy) is 1. The lowest BCUT2D eigenvalue weighted by Gasteiger charge is -2.10. The third-order valence-corrected chi connectivity index (χ3v) is 3.12. The van der Waals surface area contributed by atoms with Crippen molar-refractivity contribution in [3.8, 4) is 11.8 Å². The van der Waals surface area contributed by atoms with Crippen LogP contribution < -0.4 is 4.74 Å². The van der Waals surface area contributed by atoms with Crippen molar-refractivity contribution >= 4 is 0 Å². The summed E-state index contributed by atoms with van der Waals surface area (Å²) in [4.78, 5) is 0. The summed E-state index contributed by atoms with van der Waals surface area (Å²) in [6.45, 7) is 4.33. The van der Waals surface area contributed by atoms with Crippen LogP contribution in [0.25, 0.3) is 0 Å². The number of benzene rings is 2. The largest absolute Gasteiger partial charge is 0.489 e. The van der Waals surface area contributed by atoms with Gasteiger partial charge in [-0.15, -0.1) is 0 Å². The van der Waals surface area contributed by atoms with Crippen molar-refractivity contribution < 1.29 is 9.13 Å². The van der Waals surface area contributed by atoms with Gasteiger partial charge in [0.05, 0.1) is 5.56 Å². The van der Waals surface area contributed by atoms with Crippen molar-refractivity contribution in [1.82, 2.24) is 0 Å². The number of nitriles is 1. The highest BCUT2D eigenvalue weighted by atomic mass is 19.1. The molecule has 0 N–H and O–H groups in total. The minimum atomic E-state index is -0.505. The fourth-order valence-electron chi connectivity index (χ4n) is 1.90. The molecule has 2 aromatic carbocycles. The average molecular weight is 269 g/mol. The number of halogens is 1. The van der Waals surface area contributed by atoms with Crippen molar-refractivity contribution in [2.24, 2.45) is 0 Å². The van der Waals surface area contributed by atoms with Gasteiger partial charge >= 0.3 is 0 Å². The second kappa shape index (κ2) is 6.21. The van der Waals surface area contributed by atoms with Gasteiger partial charge in [0, 0.05) is 5.56 Å². The molecule has 0 aliphatic heterocycles. The minimum Gasteiger partial charge on any atom is -0.489 e. The molecular weight excluding hydrogens is 253 g/mol. The second-order valence-corrected chi connectivity index (χ2v) is 4.91. The van der Waals surface area contributed by atoms with Crippen LogP contribution in [0.1, 0.15) is 36.5 Å². The standard InChI is InChI=1S/C17H16FNO/c1-12(2)13-5-4-8-16(9-13)20-11-15-7-3-6-14(10-19)17(15)18/h3-9,12H,11H2,1-2H3. The fraction of sp³-hybridized carbons (Fsp3) is 0.235. The van der Waals surface area contributed by atoms with Gasteiger partial charge in [0.25, 0.3) is 0 Å². The Morgan fingerprint density at radius 3 is 2.65 bits per heavy atom. The summed E-state index contributed by atoms with van der Waals surface area (Å²) in [6.07, 6.45) is 0. The molecule has 0 heterocycles. The fourth-order valence-corrected chi connectivity index (χ4v) is 1.90. The maximum absolute atomic E-state index is 13.9. The van der Waals surface area contributed by atoms with E-state index in [2.05, 4.69) is 13.8 Å². The van der Waals surface area contributed by atoms with E-state index in [1.54, 1.807) is 12.1 Å². The van der Waals surface area contributed by atoms with Gasteiger partial charge in [-0.3, -0.25) is 0 Å². The van der Waals surface area contributed by atoms with E-state index in [9.17, 15) is 4.39 Å². The smallest absolute Gasteiger partial charge is 0.147 e. The predicted molar refractivity (Wildman–Crippen MR) is 76.0 cm³/mol. The van der Waals surface area contributed by atoms with Gasteiger partial charge in [-0.2, -0.15) is 5.26 Å². The third-order valence-electron chi connectivity index (χ3n) is 3.12. The molecule has 3 heteroatoms. The number of hydrogen-bond donors (Lipinski definition) is 0. The summed E-state index contributed by atoms with van der Waals surface area (Å²) in [5.74, 6) is 0.616. The SMILES string of the molecule is CC(C)c1cccc(OCc2cccc(C#N)c2F)c1. The first-order valence-corrected chi connectivity index (χ1v) is 6.52. The molecule has 20 heavy (non-hydrogen) atoms. The lowest BCUT2D eigenvalue weighted by atomic mass is 10.0. The molecule has 0 aliphatic carbocycles. The molecule has 0 spiro atoms. The summed E-state index contributed by atoms with van der Waals surface area (Å²) in [5.41, 5.74) is 1.61. The molecule has 0 bridgehead atoms. The Labute approximate surface area is 118 Å². The van der Waals surface area contributed by atoms with Crippen LogP contribution in [-0.4, -0.2) is 0 Å². The summed E-state index contributed by atoms with van der Waals surface area (Å²) in [6, 6.07) is 14.3. The molecule has 0 atom stereocenters. The van der Waals surface area contributed by atoms with Crippen molar-refractivity contribution in [3.05, 3.63) is 65.0 Å². The van der Waals surface area contributed by atoms with Crippen LogP contribution in [0, 0.1) is 17.1 Å². The normalized spacial score (nSPS) is 10.3. The van der Waals surface area contributed by atoms with Crippen LogP contribution in [0.3, 0.4) is 0 Å². The molecule has 0 amide bonds. The average Bonchev–Trinajstić information content (AvgIpc) is 2.46. The second-order valence-electron chi connectivity index (χ2n) is 4.91. The zero-order chi connectivity index (χ0) is 14.5. The maximum Gasteiger partial charge on any atom is 0.147 e. The summed E-state index contributed by atoms with van der Waals surface area (Å²) >= 11 is 0. The van der Waals surface area contributed by atoms with E-state index in [1.165, 1.54) is 11.6 Å². The van der Waals surface area contributed by atoms with Crippen LogP contribution in [0.15, 0.2) is 42.5 Å². The first-order valence-electron chi connectivity index (χ1n) is 6.52. The van der Waals surface area contributed by atoms with Gasteiger partial charge in [-0.1, -0.05) is 38.1 Å². The number of rotatable bonds is 4. The number of nitrogens with zero attached hydrogens (tertiary/aromatic N) is 1. The van der Waals surface area contributed by atoms with Crippen molar-refractivity contribution in [2.75, 3.05) is 0 Å². The van der Waals surface area contributed by atoms with Gasteiger partial charge < -0.3 is 4.74 Å². The lowest BCUT2D eigenvalue weighted by molar-refractivity contribution is 0.299. The molecule has 0 aliphatic rings. The first kappa shape index (κ1) is 14.1. The quantitative estimate of drug-likeness (QED) is 0.824. The van der Waals surface area contributed by atoms with Crippen LogP contribution in [-0.2, 0) is 6.61 Å². The van der Waals surface area contributed by atoms with E-state index in [1.807, 2.05) is 30.3 Å². The van der Waals surface area contributed by atoms with E-state index >= 15 is 0 Å². The van der Waals surface area contributed by atoms with Crippen molar-refractivity contribution in [1.29, 1.82) is 5.26 Å². The molecule has 0 saturated carbocycles. The molecule has 0 saturated heterocycles. The molecule has 0 radical (unpaired) electrons. The predicted octanol–water partition coefficient (Wildman–Crippen LogP) is 4.40. The Morgan fingerprint density at radius 1 is 1.20 bits per heavy atom. The molecule has 0 aromatic heterocycles. The summed E-state index contributed by atoms with van der Waals surface area (Å²) in [5, 5.41) is 8.79. The molecule has 2 aromatic rings. The van der Waals surface area contributed by atoms with E-state index in [0.29, 0.717) is 17.2 Å². The Bertz CT molecular complexity index is 644. The highest BCUT2D eigenvalue weighted by Gasteiger charge is 2.08. The minimum absolute atomic E-state index is 0.0435. The first-order chi connectivity index (χ1) is 9.61. The molecule has 0 fully saturated rings. The summed E-state index contributed by atoms with van der Waals surface area (Å²) in [7, 11) is 0. The Hall–Kier alpha value is -2.34. The molecule has 102 valence electrons. The van der Waals surface area contributed by atoms with E-state index < -0.39 is 5.82 Å². The van der Waals surface area contributed by atoms with Gasteiger partial charge in [-0.05, 0) is 29.7 Å². The van der Waals surface area contributed by atoms with Gasteiger partial charge in [0.15, 0.2) is 0 Å². The highest BCUT2D eigenvalue weighted by molar-refractivity contribution is 5.35. The monoisotopic (exact) mass is 269 g/mol.